The second-order valence-electron chi connectivity index (χ2n) is 3.88. The molecule has 0 aromatic carbocycles. The van der Waals surface area contributed by atoms with Gasteiger partial charge < -0.3 is 24.1 Å². The second-order valence-corrected chi connectivity index (χ2v) is 3.88. The smallest absolute Gasteiger partial charge is 0.381 e. The van der Waals surface area contributed by atoms with E-state index in [2.05, 4.69) is 11.8 Å². The normalized spacial score (nSPS) is 13.7. The molecule has 6 nitrogen and oxygen atoms in total. The minimum absolute atomic E-state index is 0.330. The summed E-state index contributed by atoms with van der Waals surface area (Å²) in [6.07, 6.45) is -0.328. The minimum atomic E-state index is -1.17. The lowest BCUT2D eigenvalue weighted by Gasteiger charge is -2.27. The van der Waals surface area contributed by atoms with Crippen LogP contribution in [0.3, 0.4) is 0 Å². The lowest BCUT2D eigenvalue weighted by Crippen LogP contribution is -2.37. The van der Waals surface area contributed by atoms with Crippen LogP contribution in [0, 0.1) is 17.8 Å². The van der Waals surface area contributed by atoms with E-state index in [1.54, 1.807) is 14.0 Å². The Balaban J connectivity index is 4.57. The quantitative estimate of drug-likeness (QED) is 0.380. The van der Waals surface area contributed by atoms with Crippen LogP contribution in [0.4, 0.5) is 0 Å². The third-order valence-corrected chi connectivity index (χ3v) is 2.44. The Morgan fingerprint density at radius 1 is 1.21 bits per heavy atom. The van der Waals surface area contributed by atoms with E-state index in [1.807, 2.05) is 0 Å². The zero-order chi connectivity index (χ0) is 14.7. The van der Waals surface area contributed by atoms with Crippen LogP contribution >= 0.6 is 0 Å². The van der Waals surface area contributed by atoms with Crippen LogP contribution in [0.1, 0.15) is 13.3 Å². The summed E-state index contributed by atoms with van der Waals surface area (Å²) in [4.78, 5) is 10.4. The first kappa shape index (κ1) is 17.9. The highest BCUT2D eigenvalue weighted by atomic mass is 16.7. The number of hydrogen-bond acceptors (Lipinski definition) is 5. The van der Waals surface area contributed by atoms with Gasteiger partial charge in [0.05, 0.1) is 0 Å². The van der Waals surface area contributed by atoms with Gasteiger partial charge >= 0.3 is 5.97 Å². The summed E-state index contributed by atoms with van der Waals surface area (Å²) in [6, 6.07) is 0. The Labute approximate surface area is 114 Å². The Morgan fingerprint density at radius 2 is 1.84 bits per heavy atom. The largest absolute Gasteiger partial charge is 0.472 e. The van der Waals surface area contributed by atoms with Crippen LogP contribution < -0.4 is 0 Å². The van der Waals surface area contributed by atoms with Crippen molar-refractivity contribution in [3.05, 3.63) is 0 Å². The number of carboxylic acids is 1. The summed E-state index contributed by atoms with van der Waals surface area (Å²) in [6.45, 7) is 2.81. The molecule has 0 fully saturated rings. The average Bonchev–Trinajstić information content (AvgIpc) is 2.39. The summed E-state index contributed by atoms with van der Waals surface area (Å²) in [5, 5.41) is 8.55. The van der Waals surface area contributed by atoms with Gasteiger partial charge in [0.15, 0.2) is 6.29 Å². The zero-order valence-electron chi connectivity index (χ0n) is 11.8. The van der Waals surface area contributed by atoms with Gasteiger partial charge in [0.2, 0.25) is 0 Å². The number of hydrogen-bond donors (Lipinski definition) is 1. The molecule has 2 atom stereocenters. The summed E-state index contributed by atoms with van der Waals surface area (Å²) >= 11 is 0. The fourth-order valence-corrected chi connectivity index (χ4v) is 1.50. The van der Waals surface area contributed by atoms with E-state index in [0.717, 1.165) is 6.42 Å². The van der Waals surface area contributed by atoms with Crippen LogP contribution in [0.15, 0.2) is 0 Å². The van der Waals surface area contributed by atoms with E-state index in [0.29, 0.717) is 13.2 Å². The molecular weight excluding hydrogens is 252 g/mol. The maximum Gasteiger partial charge on any atom is 0.381 e. The summed E-state index contributed by atoms with van der Waals surface area (Å²) in [5.74, 6) is 3.19. The maximum atomic E-state index is 10.4. The number of carbonyl (C=O) groups is 1. The molecule has 0 aliphatic rings. The highest BCUT2D eigenvalue weighted by molar-refractivity contribution is 5.86. The van der Waals surface area contributed by atoms with Crippen LogP contribution in [0.25, 0.3) is 0 Å². The van der Waals surface area contributed by atoms with Gasteiger partial charge in [-0.1, -0.05) is 5.92 Å². The molecule has 0 saturated heterocycles. The number of aliphatic carboxylic acids is 1. The molecule has 0 amide bonds. The highest BCUT2D eigenvalue weighted by Crippen LogP contribution is 2.15. The van der Waals surface area contributed by atoms with Gasteiger partial charge in [0.1, 0.15) is 6.10 Å². The predicted octanol–water partition coefficient (Wildman–Crippen LogP) is 0.751. The van der Waals surface area contributed by atoms with Crippen molar-refractivity contribution in [1.82, 2.24) is 0 Å². The lowest BCUT2D eigenvalue weighted by atomic mass is 10.0. The molecule has 0 spiro atoms. The summed E-state index contributed by atoms with van der Waals surface area (Å²) < 4.78 is 20.9. The monoisotopic (exact) mass is 274 g/mol. The molecular formula is C13H22O6. The van der Waals surface area contributed by atoms with Gasteiger partial charge in [0, 0.05) is 46.4 Å². The molecule has 1 N–H and O–H groups in total. The predicted molar refractivity (Wildman–Crippen MR) is 68.6 cm³/mol. The first-order chi connectivity index (χ1) is 9.06. The molecule has 0 saturated carbocycles. The zero-order valence-corrected chi connectivity index (χ0v) is 11.8. The van der Waals surface area contributed by atoms with Crippen molar-refractivity contribution in [1.29, 1.82) is 0 Å². The van der Waals surface area contributed by atoms with E-state index >= 15 is 0 Å². The molecule has 0 aromatic rings. The SMILES string of the molecule is COCCCOC(C(C)C#CC(=O)O)C(OC)OC. The van der Waals surface area contributed by atoms with Crippen molar-refractivity contribution < 1.29 is 28.8 Å². The molecule has 0 rings (SSSR count). The molecule has 2 unspecified atom stereocenters. The van der Waals surface area contributed by atoms with Crippen molar-refractivity contribution in [3.63, 3.8) is 0 Å². The molecule has 0 aromatic heterocycles. The van der Waals surface area contributed by atoms with Crippen molar-refractivity contribution in [3.8, 4) is 11.8 Å². The minimum Gasteiger partial charge on any atom is -0.472 e. The van der Waals surface area contributed by atoms with E-state index in [-0.39, 0.29) is 5.92 Å². The molecule has 19 heavy (non-hydrogen) atoms. The standard InChI is InChI=1S/C13H22O6/c1-10(6-7-11(14)15)12(13(17-3)18-4)19-9-5-8-16-2/h10,12-13H,5,8-9H2,1-4H3,(H,14,15). The van der Waals surface area contributed by atoms with Gasteiger partial charge in [-0.25, -0.2) is 4.79 Å². The number of methoxy groups -OCH3 is 3. The Bertz CT molecular complexity index is 302. The number of ether oxygens (including phenoxy) is 4. The Hall–Kier alpha value is -1.13. The van der Waals surface area contributed by atoms with Crippen molar-refractivity contribution in [2.75, 3.05) is 34.5 Å². The van der Waals surface area contributed by atoms with Gasteiger partial charge in [-0.15, -0.1) is 0 Å². The third kappa shape index (κ3) is 7.80. The molecule has 6 heteroatoms. The molecule has 0 radical (unpaired) electrons. The van der Waals surface area contributed by atoms with Gasteiger partial charge in [-0.2, -0.15) is 0 Å². The third-order valence-electron chi connectivity index (χ3n) is 2.44. The molecule has 110 valence electrons. The van der Waals surface area contributed by atoms with E-state index in [9.17, 15) is 4.79 Å². The maximum absolute atomic E-state index is 10.4. The molecule has 0 aliphatic heterocycles. The lowest BCUT2D eigenvalue weighted by molar-refractivity contribution is -0.189. The summed E-state index contributed by atoms with van der Waals surface area (Å²) in [7, 11) is 4.61. The van der Waals surface area contributed by atoms with E-state index in [1.165, 1.54) is 14.2 Å². The fraction of sp³-hybridized carbons (Fsp3) is 0.769. The van der Waals surface area contributed by atoms with E-state index < -0.39 is 18.4 Å². The second kappa shape index (κ2) is 10.8. The highest BCUT2D eigenvalue weighted by Gasteiger charge is 2.27. The van der Waals surface area contributed by atoms with Crippen molar-refractivity contribution in [2.24, 2.45) is 5.92 Å². The topological polar surface area (TPSA) is 74.2 Å². The summed E-state index contributed by atoms with van der Waals surface area (Å²) in [5.41, 5.74) is 0. The van der Waals surface area contributed by atoms with Crippen molar-refractivity contribution in [2.45, 2.75) is 25.7 Å². The molecule has 0 heterocycles. The van der Waals surface area contributed by atoms with Crippen LogP contribution in [-0.2, 0) is 23.7 Å². The Kier molecular flexibility index (Phi) is 10.1. The molecule has 0 bridgehead atoms. The van der Waals surface area contributed by atoms with Gasteiger partial charge in [-0.05, 0) is 13.3 Å². The van der Waals surface area contributed by atoms with Crippen LogP contribution in [-0.4, -0.2) is 58.0 Å². The van der Waals surface area contributed by atoms with Crippen LogP contribution in [0.2, 0.25) is 0 Å². The number of rotatable bonds is 9. The molecule has 0 aliphatic carbocycles. The number of carboxylic acid groups (broad SMARTS) is 1. The van der Waals surface area contributed by atoms with Crippen molar-refractivity contribution >= 4 is 5.97 Å². The van der Waals surface area contributed by atoms with E-state index in [4.69, 9.17) is 24.1 Å². The van der Waals surface area contributed by atoms with Gasteiger partial charge in [-0.3, -0.25) is 0 Å². The van der Waals surface area contributed by atoms with Crippen LogP contribution in [0.5, 0.6) is 0 Å². The van der Waals surface area contributed by atoms with Gasteiger partial charge in [0.25, 0.3) is 0 Å². The first-order valence-electron chi connectivity index (χ1n) is 5.97. The Morgan fingerprint density at radius 3 is 2.32 bits per heavy atom. The average molecular weight is 274 g/mol. The fourth-order valence-electron chi connectivity index (χ4n) is 1.50. The first-order valence-corrected chi connectivity index (χ1v) is 5.97.